The largest absolute Gasteiger partial charge is 0.347 e. The van der Waals surface area contributed by atoms with Crippen LogP contribution < -0.4 is 4.90 Å². The lowest BCUT2D eigenvalue weighted by Gasteiger charge is -2.32. The van der Waals surface area contributed by atoms with Crippen LogP contribution in [0.15, 0.2) is 42.0 Å². The number of hydrogen-bond acceptors (Lipinski definition) is 5. The summed E-state index contributed by atoms with van der Waals surface area (Å²) < 4.78 is 2.20. The predicted molar refractivity (Wildman–Crippen MR) is 102 cm³/mol. The molecule has 0 aliphatic carbocycles. The number of anilines is 1. The van der Waals surface area contributed by atoms with Crippen molar-refractivity contribution in [2.75, 3.05) is 18.0 Å². The standard InChI is InChI=1S/C19H23N5S/c1-14(2)24-13-20-22-18(24)16-9-6-10-23(11-16)19-21-17(12-25-19)15-7-4-3-5-8-15/h3-5,7-8,12-14,16H,6,9-11H2,1-2H3. The van der Waals surface area contributed by atoms with Crippen LogP contribution in [-0.2, 0) is 0 Å². The number of hydrogen-bond donors (Lipinski definition) is 0. The van der Waals surface area contributed by atoms with Crippen LogP contribution in [0.5, 0.6) is 0 Å². The van der Waals surface area contributed by atoms with E-state index in [0.29, 0.717) is 12.0 Å². The summed E-state index contributed by atoms with van der Waals surface area (Å²) in [5.41, 5.74) is 2.24. The van der Waals surface area contributed by atoms with E-state index in [1.165, 1.54) is 12.0 Å². The predicted octanol–water partition coefficient (Wildman–Crippen LogP) is 4.37. The van der Waals surface area contributed by atoms with Gasteiger partial charge >= 0.3 is 0 Å². The SMILES string of the molecule is CC(C)n1cnnc1C1CCCN(c2nc(-c3ccccc3)cs2)C1. The first-order valence-electron chi connectivity index (χ1n) is 8.87. The molecule has 0 bridgehead atoms. The van der Waals surface area contributed by atoms with E-state index in [-0.39, 0.29) is 0 Å². The summed E-state index contributed by atoms with van der Waals surface area (Å²) in [6.45, 7) is 6.39. The molecular formula is C19H23N5S. The topological polar surface area (TPSA) is 46.8 Å². The third-order valence-corrected chi connectivity index (χ3v) is 5.68. The van der Waals surface area contributed by atoms with E-state index < -0.39 is 0 Å². The molecule has 4 rings (SSSR count). The summed E-state index contributed by atoms with van der Waals surface area (Å²) in [7, 11) is 0. The molecule has 3 aromatic rings. The molecule has 1 atom stereocenters. The van der Waals surface area contributed by atoms with Gasteiger partial charge in [0.15, 0.2) is 5.13 Å². The number of piperidine rings is 1. The van der Waals surface area contributed by atoms with Crippen LogP contribution >= 0.6 is 11.3 Å². The molecule has 1 aromatic carbocycles. The monoisotopic (exact) mass is 353 g/mol. The molecule has 1 saturated heterocycles. The fourth-order valence-corrected chi connectivity index (χ4v) is 4.33. The first-order chi connectivity index (χ1) is 12.2. The smallest absolute Gasteiger partial charge is 0.185 e. The molecule has 0 spiro atoms. The van der Waals surface area contributed by atoms with Crippen LogP contribution in [0.2, 0.25) is 0 Å². The minimum atomic E-state index is 0.393. The number of nitrogens with zero attached hydrogens (tertiary/aromatic N) is 5. The maximum Gasteiger partial charge on any atom is 0.185 e. The van der Waals surface area contributed by atoms with Gasteiger partial charge in [0.05, 0.1) is 5.69 Å². The Morgan fingerprint density at radius 3 is 2.84 bits per heavy atom. The lowest BCUT2D eigenvalue weighted by atomic mass is 9.97. The second kappa shape index (κ2) is 6.96. The lowest BCUT2D eigenvalue weighted by molar-refractivity contribution is 0.454. The zero-order chi connectivity index (χ0) is 17.2. The van der Waals surface area contributed by atoms with Gasteiger partial charge in [0, 0.05) is 36.0 Å². The Balaban J connectivity index is 1.54. The lowest BCUT2D eigenvalue weighted by Crippen LogP contribution is -2.35. The average Bonchev–Trinajstić information content (AvgIpc) is 3.32. The molecule has 0 radical (unpaired) electrons. The highest BCUT2D eigenvalue weighted by atomic mass is 32.1. The first kappa shape index (κ1) is 16.3. The van der Waals surface area contributed by atoms with Crippen LogP contribution in [0.3, 0.4) is 0 Å². The van der Waals surface area contributed by atoms with Crippen LogP contribution in [-0.4, -0.2) is 32.8 Å². The Morgan fingerprint density at radius 1 is 1.20 bits per heavy atom. The Kier molecular flexibility index (Phi) is 4.53. The molecule has 0 saturated carbocycles. The fourth-order valence-electron chi connectivity index (χ4n) is 3.45. The van der Waals surface area contributed by atoms with Crippen molar-refractivity contribution in [2.45, 2.75) is 38.6 Å². The quantitative estimate of drug-likeness (QED) is 0.699. The van der Waals surface area contributed by atoms with Gasteiger partial charge in [-0.1, -0.05) is 30.3 Å². The van der Waals surface area contributed by atoms with Gasteiger partial charge in [-0.15, -0.1) is 21.5 Å². The summed E-state index contributed by atoms with van der Waals surface area (Å²) in [6, 6.07) is 10.8. The zero-order valence-electron chi connectivity index (χ0n) is 14.7. The van der Waals surface area contributed by atoms with Crippen molar-refractivity contribution >= 4 is 16.5 Å². The van der Waals surface area contributed by atoms with Gasteiger partial charge < -0.3 is 9.47 Å². The highest BCUT2D eigenvalue weighted by Gasteiger charge is 2.27. The van der Waals surface area contributed by atoms with Crippen molar-refractivity contribution in [3.63, 3.8) is 0 Å². The maximum atomic E-state index is 4.88. The normalized spacial score (nSPS) is 18.0. The molecule has 130 valence electrons. The fraction of sp³-hybridized carbons (Fsp3) is 0.421. The third-order valence-electron chi connectivity index (χ3n) is 4.78. The Labute approximate surface area is 152 Å². The van der Waals surface area contributed by atoms with Gasteiger partial charge in [0.2, 0.25) is 0 Å². The molecule has 1 fully saturated rings. The second-order valence-corrected chi connectivity index (χ2v) is 7.69. The summed E-state index contributed by atoms with van der Waals surface area (Å²) in [5.74, 6) is 1.53. The van der Waals surface area contributed by atoms with Crippen LogP contribution in [0.25, 0.3) is 11.3 Å². The molecule has 6 heteroatoms. The maximum absolute atomic E-state index is 4.88. The van der Waals surface area contributed by atoms with Crippen molar-refractivity contribution < 1.29 is 0 Å². The molecule has 1 aliphatic rings. The van der Waals surface area contributed by atoms with E-state index in [1.807, 2.05) is 12.4 Å². The van der Waals surface area contributed by atoms with Gasteiger partial charge in [0.1, 0.15) is 12.2 Å². The van der Waals surface area contributed by atoms with Crippen molar-refractivity contribution in [3.8, 4) is 11.3 Å². The molecular weight excluding hydrogens is 330 g/mol. The van der Waals surface area contributed by atoms with E-state index in [9.17, 15) is 0 Å². The molecule has 5 nitrogen and oxygen atoms in total. The van der Waals surface area contributed by atoms with Crippen molar-refractivity contribution in [3.05, 3.63) is 47.9 Å². The van der Waals surface area contributed by atoms with Crippen LogP contribution in [0.4, 0.5) is 5.13 Å². The zero-order valence-corrected chi connectivity index (χ0v) is 15.5. The average molecular weight is 353 g/mol. The highest BCUT2D eigenvalue weighted by molar-refractivity contribution is 7.14. The molecule has 25 heavy (non-hydrogen) atoms. The van der Waals surface area contributed by atoms with Crippen molar-refractivity contribution in [1.29, 1.82) is 0 Å². The van der Waals surface area contributed by atoms with Crippen LogP contribution in [0, 0.1) is 0 Å². The van der Waals surface area contributed by atoms with Crippen LogP contribution in [0.1, 0.15) is 44.5 Å². The van der Waals surface area contributed by atoms with E-state index in [1.54, 1.807) is 11.3 Å². The third kappa shape index (κ3) is 3.31. The molecule has 0 N–H and O–H groups in total. The van der Waals surface area contributed by atoms with Gasteiger partial charge in [-0.05, 0) is 26.7 Å². The van der Waals surface area contributed by atoms with Gasteiger partial charge in [-0.3, -0.25) is 0 Å². The van der Waals surface area contributed by atoms with Crippen molar-refractivity contribution in [1.82, 2.24) is 19.7 Å². The van der Waals surface area contributed by atoms with Gasteiger partial charge in [0.25, 0.3) is 0 Å². The second-order valence-electron chi connectivity index (χ2n) is 6.86. The summed E-state index contributed by atoms with van der Waals surface area (Å²) >= 11 is 1.73. The van der Waals surface area contributed by atoms with Crippen molar-refractivity contribution in [2.24, 2.45) is 0 Å². The Bertz CT molecular complexity index is 823. The van der Waals surface area contributed by atoms with E-state index in [2.05, 4.69) is 63.2 Å². The first-order valence-corrected chi connectivity index (χ1v) is 9.75. The Hall–Kier alpha value is -2.21. The van der Waals surface area contributed by atoms with E-state index in [0.717, 1.165) is 36.2 Å². The molecule has 1 aliphatic heterocycles. The molecule has 1 unspecified atom stereocenters. The van der Waals surface area contributed by atoms with E-state index in [4.69, 9.17) is 4.98 Å². The van der Waals surface area contributed by atoms with Gasteiger partial charge in [-0.2, -0.15) is 0 Å². The summed E-state index contributed by atoms with van der Waals surface area (Å²) in [6.07, 6.45) is 4.19. The van der Waals surface area contributed by atoms with Gasteiger partial charge in [-0.25, -0.2) is 4.98 Å². The summed E-state index contributed by atoms with van der Waals surface area (Å²) in [4.78, 5) is 7.29. The summed E-state index contributed by atoms with van der Waals surface area (Å²) in [5, 5.41) is 11.8. The Morgan fingerprint density at radius 2 is 2.04 bits per heavy atom. The number of thiazole rings is 1. The number of aromatic nitrogens is 4. The molecule has 0 amide bonds. The minimum absolute atomic E-state index is 0.393. The van der Waals surface area contributed by atoms with E-state index >= 15 is 0 Å². The number of rotatable bonds is 4. The molecule has 2 aromatic heterocycles. The minimum Gasteiger partial charge on any atom is -0.347 e. The number of benzene rings is 1. The molecule has 3 heterocycles. The highest BCUT2D eigenvalue weighted by Crippen LogP contribution is 2.33.